The topological polar surface area (TPSA) is 30.9 Å². The van der Waals surface area contributed by atoms with Crippen molar-refractivity contribution in [2.45, 2.75) is 25.9 Å². The first-order valence-corrected chi connectivity index (χ1v) is 10.8. The molecule has 0 N–H and O–H groups in total. The molecule has 0 radical (unpaired) electrons. The maximum absolute atomic E-state index is 6.38. The van der Waals surface area contributed by atoms with Gasteiger partial charge in [-0.05, 0) is 71.5 Å². The summed E-state index contributed by atoms with van der Waals surface area (Å²) in [6, 6.07) is 18.8. The highest BCUT2D eigenvalue weighted by atomic mass is 35.5. The Morgan fingerprint density at radius 1 is 0.903 bits per heavy atom. The molecule has 0 unspecified atom stereocenters. The number of rotatable bonds is 6. The van der Waals surface area contributed by atoms with E-state index in [0.717, 1.165) is 47.3 Å². The number of fused-ring (bicyclic) bond motifs is 1. The van der Waals surface area contributed by atoms with Gasteiger partial charge in [0.25, 0.3) is 0 Å². The summed E-state index contributed by atoms with van der Waals surface area (Å²) in [5, 5.41) is 0.741. The molecule has 0 spiro atoms. The molecule has 1 heterocycles. The minimum absolute atomic E-state index is 0.0738. The monoisotopic (exact) mass is 437 g/mol. The zero-order valence-electron chi connectivity index (χ0n) is 18.4. The first kappa shape index (κ1) is 21.5. The molecule has 31 heavy (non-hydrogen) atoms. The lowest BCUT2D eigenvalue weighted by Gasteiger charge is -2.38. The average molecular weight is 438 g/mol. The maximum atomic E-state index is 6.38. The fourth-order valence-electron chi connectivity index (χ4n) is 4.51. The summed E-state index contributed by atoms with van der Waals surface area (Å²) in [4.78, 5) is 2.50. The molecule has 4 rings (SSSR count). The predicted molar refractivity (Wildman–Crippen MR) is 125 cm³/mol. The van der Waals surface area contributed by atoms with Crippen LogP contribution in [0.2, 0.25) is 5.02 Å². The smallest absolute Gasteiger partial charge is 0.161 e. The lowest BCUT2D eigenvalue weighted by Crippen LogP contribution is -2.35. The summed E-state index contributed by atoms with van der Waals surface area (Å²) < 4.78 is 16.6. The highest BCUT2D eigenvalue weighted by Gasteiger charge is 2.30. The molecule has 1 aliphatic rings. The summed E-state index contributed by atoms with van der Waals surface area (Å²) in [5.41, 5.74) is 6.09. The minimum Gasteiger partial charge on any atom is -0.496 e. The molecule has 0 aliphatic carbocycles. The summed E-state index contributed by atoms with van der Waals surface area (Å²) in [5.74, 6) is 2.43. The number of benzene rings is 3. The van der Waals surface area contributed by atoms with Crippen LogP contribution >= 0.6 is 11.6 Å². The van der Waals surface area contributed by atoms with Crippen molar-refractivity contribution in [3.63, 3.8) is 0 Å². The third kappa shape index (κ3) is 4.36. The summed E-state index contributed by atoms with van der Waals surface area (Å²) in [6.07, 6.45) is 0.946. The Bertz CT molecular complexity index is 1080. The Morgan fingerprint density at radius 3 is 2.32 bits per heavy atom. The zero-order chi connectivity index (χ0) is 22.0. The molecule has 162 valence electrons. The molecule has 0 saturated heterocycles. The third-order valence-corrected chi connectivity index (χ3v) is 6.22. The van der Waals surface area contributed by atoms with E-state index < -0.39 is 0 Å². The number of methoxy groups -OCH3 is 3. The van der Waals surface area contributed by atoms with E-state index in [0.29, 0.717) is 0 Å². The summed E-state index contributed by atoms with van der Waals surface area (Å²) in [6.45, 7) is 3.85. The normalized spacial score (nSPS) is 16.0. The SMILES string of the molecule is COc1ccc(CN2CCc3cc(OC)c(OC)cc3[C@H]2c2cccc(Cl)c2)cc1C. The van der Waals surface area contributed by atoms with Crippen molar-refractivity contribution in [3.05, 3.63) is 87.4 Å². The van der Waals surface area contributed by atoms with Gasteiger partial charge in [0, 0.05) is 18.1 Å². The Morgan fingerprint density at radius 2 is 1.65 bits per heavy atom. The van der Waals surface area contributed by atoms with Crippen molar-refractivity contribution in [2.75, 3.05) is 27.9 Å². The van der Waals surface area contributed by atoms with Gasteiger partial charge in [0.1, 0.15) is 5.75 Å². The fourth-order valence-corrected chi connectivity index (χ4v) is 4.71. The highest BCUT2D eigenvalue weighted by molar-refractivity contribution is 6.30. The fraction of sp³-hybridized carbons (Fsp3) is 0.308. The molecule has 3 aromatic rings. The van der Waals surface area contributed by atoms with Crippen molar-refractivity contribution < 1.29 is 14.2 Å². The Balaban J connectivity index is 1.78. The van der Waals surface area contributed by atoms with Gasteiger partial charge in [-0.2, -0.15) is 0 Å². The van der Waals surface area contributed by atoms with Crippen molar-refractivity contribution in [1.82, 2.24) is 4.90 Å². The van der Waals surface area contributed by atoms with E-state index >= 15 is 0 Å². The van der Waals surface area contributed by atoms with E-state index in [1.54, 1.807) is 21.3 Å². The molecule has 0 bridgehead atoms. The Hall–Kier alpha value is -2.69. The first-order valence-electron chi connectivity index (χ1n) is 10.4. The molecule has 0 amide bonds. The quantitative estimate of drug-likeness (QED) is 0.486. The summed E-state index contributed by atoms with van der Waals surface area (Å²) in [7, 11) is 5.07. The zero-order valence-corrected chi connectivity index (χ0v) is 19.2. The van der Waals surface area contributed by atoms with Crippen molar-refractivity contribution in [1.29, 1.82) is 0 Å². The van der Waals surface area contributed by atoms with Gasteiger partial charge in [0.2, 0.25) is 0 Å². The number of nitrogens with zero attached hydrogens (tertiary/aromatic N) is 1. The number of ether oxygens (including phenoxy) is 3. The number of halogens is 1. The van der Waals surface area contributed by atoms with Crippen LogP contribution in [0.15, 0.2) is 54.6 Å². The van der Waals surface area contributed by atoms with Gasteiger partial charge in [-0.15, -0.1) is 0 Å². The highest BCUT2D eigenvalue weighted by Crippen LogP contribution is 2.42. The van der Waals surface area contributed by atoms with Gasteiger partial charge >= 0.3 is 0 Å². The van der Waals surface area contributed by atoms with Crippen LogP contribution in [-0.2, 0) is 13.0 Å². The Labute approximate surface area is 189 Å². The van der Waals surface area contributed by atoms with Crippen LogP contribution in [0.3, 0.4) is 0 Å². The molecule has 4 nitrogen and oxygen atoms in total. The lowest BCUT2D eigenvalue weighted by atomic mass is 9.87. The van der Waals surface area contributed by atoms with Crippen LogP contribution in [0.1, 0.15) is 33.9 Å². The first-order chi connectivity index (χ1) is 15.0. The Kier molecular flexibility index (Phi) is 6.40. The molecule has 1 aliphatic heterocycles. The van der Waals surface area contributed by atoms with Crippen molar-refractivity contribution >= 4 is 11.6 Å². The largest absolute Gasteiger partial charge is 0.496 e. The summed E-state index contributed by atoms with van der Waals surface area (Å²) >= 11 is 6.38. The van der Waals surface area contributed by atoms with Crippen LogP contribution in [-0.4, -0.2) is 32.8 Å². The predicted octanol–water partition coefficient (Wildman–Crippen LogP) is 5.82. The van der Waals surface area contributed by atoms with Crippen LogP contribution < -0.4 is 14.2 Å². The van der Waals surface area contributed by atoms with Crippen LogP contribution in [0.4, 0.5) is 0 Å². The molecule has 3 aromatic carbocycles. The molecule has 5 heteroatoms. The molecule has 1 atom stereocenters. The second-order valence-electron chi connectivity index (χ2n) is 7.89. The van der Waals surface area contributed by atoms with E-state index in [4.69, 9.17) is 25.8 Å². The van der Waals surface area contributed by atoms with Gasteiger partial charge < -0.3 is 14.2 Å². The molecular formula is C26H28ClNO3. The molecule has 0 saturated carbocycles. The molecule has 0 aromatic heterocycles. The second kappa shape index (κ2) is 9.21. The van der Waals surface area contributed by atoms with Crippen LogP contribution in [0.25, 0.3) is 0 Å². The van der Waals surface area contributed by atoms with Gasteiger partial charge in [-0.1, -0.05) is 35.9 Å². The van der Waals surface area contributed by atoms with Gasteiger partial charge in [-0.3, -0.25) is 4.90 Å². The second-order valence-corrected chi connectivity index (χ2v) is 8.32. The lowest BCUT2D eigenvalue weighted by molar-refractivity contribution is 0.203. The third-order valence-electron chi connectivity index (χ3n) is 5.98. The average Bonchev–Trinajstić information content (AvgIpc) is 2.78. The standard InChI is InChI=1S/C26H28ClNO3/c1-17-12-18(8-9-23(17)29-2)16-28-11-10-19-14-24(30-3)25(31-4)15-22(19)26(28)20-6-5-7-21(27)13-20/h5-9,12-15,26H,10-11,16H2,1-4H3/t26-/m1/s1. The minimum atomic E-state index is 0.0738. The number of aryl methyl sites for hydroxylation is 1. The molecular weight excluding hydrogens is 410 g/mol. The number of hydrogen-bond acceptors (Lipinski definition) is 4. The van der Waals surface area contributed by atoms with Gasteiger partial charge in [0.15, 0.2) is 11.5 Å². The van der Waals surface area contributed by atoms with E-state index in [-0.39, 0.29) is 6.04 Å². The van der Waals surface area contributed by atoms with Gasteiger partial charge in [0.05, 0.1) is 27.4 Å². The maximum Gasteiger partial charge on any atom is 0.161 e. The van der Waals surface area contributed by atoms with E-state index in [1.165, 1.54) is 22.3 Å². The van der Waals surface area contributed by atoms with E-state index in [9.17, 15) is 0 Å². The van der Waals surface area contributed by atoms with E-state index in [2.05, 4.69) is 48.2 Å². The van der Waals surface area contributed by atoms with Crippen molar-refractivity contribution in [3.8, 4) is 17.2 Å². The number of hydrogen-bond donors (Lipinski definition) is 0. The van der Waals surface area contributed by atoms with Crippen LogP contribution in [0.5, 0.6) is 17.2 Å². The van der Waals surface area contributed by atoms with Crippen molar-refractivity contribution in [2.24, 2.45) is 0 Å². The van der Waals surface area contributed by atoms with E-state index in [1.807, 2.05) is 18.2 Å². The molecule has 0 fully saturated rings. The van der Waals surface area contributed by atoms with Crippen LogP contribution in [0, 0.1) is 6.92 Å². The van der Waals surface area contributed by atoms with Gasteiger partial charge in [-0.25, -0.2) is 0 Å².